The molecule has 1 aliphatic rings. The number of hydrogen-bond donors (Lipinski definition) is 1. The summed E-state index contributed by atoms with van der Waals surface area (Å²) >= 11 is 0. The van der Waals surface area contributed by atoms with Gasteiger partial charge < -0.3 is 14.7 Å². The number of carbonyl (C=O) groups excluding carboxylic acids is 2. The second kappa shape index (κ2) is 8.77. The molecule has 1 saturated heterocycles. The summed E-state index contributed by atoms with van der Waals surface area (Å²) in [6.45, 7) is 6.35. The van der Waals surface area contributed by atoms with Crippen molar-refractivity contribution < 1.29 is 14.1 Å². The largest absolute Gasteiger partial charge is 0.353 e. The van der Waals surface area contributed by atoms with E-state index in [2.05, 4.69) is 20.4 Å². The monoisotopic (exact) mass is 371 g/mol. The lowest BCUT2D eigenvalue weighted by Crippen LogP contribution is -2.56. The van der Waals surface area contributed by atoms with Gasteiger partial charge in [0.15, 0.2) is 5.82 Å². The summed E-state index contributed by atoms with van der Waals surface area (Å²) in [7, 11) is 0. The number of amides is 2. The molecule has 3 rings (SSSR count). The van der Waals surface area contributed by atoms with Crippen LogP contribution in [0.2, 0.25) is 0 Å². The molecule has 1 N–H and O–H groups in total. The van der Waals surface area contributed by atoms with Gasteiger partial charge in [-0.1, -0.05) is 35.5 Å². The van der Waals surface area contributed by atoms with Crippen LogP contribution in [0, 0.1) is 6.92 Å². The second-order valence-electron chi connectivity index (χ2n) is 6.60. The Morgan fingerprint density at radius 2 is 2.15 bits per heavy atom. The number of nitrogens with one attached hydrogen (secondary N) is 1. The van der Waals surface area contributed by atoms with Crippen molar-refractivity contribution in [2.45, 2.75) is 39.4 Å². The standard InChI is InChI=1S/C19H25N5O3/c1-3-23(13-17-21-14(2)27-22-17)18(25)11-16-19(26)20-9-10-24(16)12-15-7-5-4-6-8-15/h4-8,16H,3,9-13H2,1-2H3,(H,20,26). The minimum absolute atomic E-state index is 0.0972. The lowest BCUT2D eigenvalue weighted by Gasteiger charge is -2.35. The first kappa shape index (κ1) is 19.0. The minimum Gasteiger partial charge on any atom is -0.353 e. The summed E-state index contributed by atoms with van der Waals surface area (Å²) in [6.07, 6.45) is 0.128. The maximum absolute atomic E-state index is 12.8. The zero-order chi connectivity index (χ0) is 19.2. The maximum Gasteiger partial charge on any atom is 0.237 e. The Balaban J connectivity index is 1.67. The number of rotatable bonds is 7. The third-order valence-corrected chi connectivity index (χ3v) is 4.67. The summed E-state index contributed by atoms with van der Waals surface area (Å²) in [4.78, 5) is 33.1. The fourth-order valence-corrected chi connectivity index (χ4v) is 3.24. The predicted molar refractivity (Wildman–Crippen MR) is 98.4 cm³/mol. The van der Waals surface area contributed by atoms with Gasteiger partial charge in [0.1, 0.15) is 0 Å². The molecule has 1 aliphatic heterocycles. The van der Waals surface area contributed by atoms with Crippen molar-refractivity contribution in [1.29, 1.82) is 0 Å². The van der Waals surface area contributed by atoms with Gasteiger partial charge >= 0.3 is 0 Å². The molecule has 2 heterocycles. The molecule has 1 fully saturated rings. The van der Waals surface area contributed by atoms with Crippen molar-refractivity contribution in [2.24, 2.45) is 0 Å². The normalized spacial score (nSPS) is 17.6. The Kier molecular flexibility index (Phi) is 6.18. The van der Waals surface area contributed by atoms with Crippen molar-refractivity contribution in [3.63, 3.8) is 0 Å². The van der Waals surface area contributed by atoms with Crippen LogP contribution in [0.25, 0.3) is 0 Å². The summed E-state index contributed by atoms with van der Waals surface area (Å²) in [5.41, 5.74) is 1.12. The summed E-state index contributed by atoms with van der Waals surface area (Å²) < 4.78 is 4.97. The molecule has 0 aliphatic carbocycles. The van der Waals surface area contributed by atoms with Crippen molar-refractivity contribution in [3.8, 4) is 0 Å². The fraction of sp³-hybridized carbons (Fsp3) is 0.474. The molecular weight excluding hydrogens is 346 g/mol. The highest BCUT2D eigenvalue weighted by atomic mass is 16.5. The average Bonchev–Trinajstić information content (AvgIpc) is 3.08. The van der Waals surface area contributed by atoms with Gasteiger partial charge in [0, 0.05) is 33.1 Å². The molecular formula is C19H25N5O3. The van der Waals surface area contributed by atoms with Gasteiger partial charge in [-0.3, -0.25) is 14.5 Å². The molecule has 8 heteroatoms. The van der Waals surface area contributed by atoms with E-state index >= 15 is 0 Å². The average molecular weight is 371 g/mol. The molecule has 1 aromatic carbocycles. The topological polar surface area (TPSA) is 91.6 Å². The molecule has 144 valence electrons. The number of carbonyl (C=O) groups is 2. The molecule has 27 heavy (non-hydrogen) atoms. The summed E-state index contributed by atoms with van der Waals surface area (Å²) in [5, 5.41) is 6.72. The van der Waals surface area contributed by atoms with E-state index in [1.807, 2.05) is 37.3 Å². The highest BCUT2D eigenvalue weighted by Crippen LogP contribution is 2.16. The molecule has 2 amide bonds. The van der Waals surface area contributed by atoms with Crippen molar-refractivity contribution in [2.75, 3.05) is 19.6 Å². The molecule has 8 nitrogen and oxygen atoms in total. The van der Waals surface area contributed by atoms with Crippen LogP contribution in [0.15, 0.2) is 34.9 Å². The van der Waals surface area contributed by atoms with Gasteiger partial charge in [0.05, 0.1) is 19.0 Å². The minimum atomic E-state index is -0.479. The zero-order valence-corrected chi connectivity index (χ0v) is 15.7. The van der Waals surface area contributed by atoms with Crippen LogP contribution >= 0.6 is 0 Å². The molecule has 1 aromatic heterocycles. The number of aromatic nitrogens is 2. The first-order valence-corrected chi connectivity index (χ1v) is 9.19. The van der Waals surface area contributed by atoms with Crippen LogP contribution in [0.3, 0.4) is 0 Å². The van der Waals surface area contributed by atoms with Gasteiger partial charge in [-0.2, -0.15) is 4.98 Å². The maximum atomic E-state index is 12.8. The smallest absolute Gasteiger partial charge is 0.237 e. The molecule has 1 atom stereocenters. The molecule has 2 aromatic rings. The van der Waals surface area contributed by atoms with E-state index < -0.39 is 6.04 Å². The first-order chi connectivity index (χ1) is 13.1. The van der Waals surface area contributed by atoms with E-state index in [1.165, 1.54) is 0 Å². The first-order valence-electron chi connectivity index (χ1n) is 9.19. The van der Waals surface area contributed by atoms with Crippen molar-refractivity contribution >= 4 is 11.8 Å². The highest BCUT2D eigenvalue weighted by Gasteiger charge is 2.33. The van der Waals surface area contributed by atoms with Crippen LogP contribution in [0.4, 0.5) is 0 Å². The molecule has 1 unspecified atom stereocenters. The van der Waals surface area contributed by atoms with Crippen LogP contribution in [-0.2, 0) is 22.7 Å². The van der Waals surface area contributed by atoms with Crippen LogP contribution in [0.5, 0.6) is 0 Å². The Morgan fingerprint density at radius 3 is 2.81 bits per heavy atom. The van der Waals surface area contributed by atoms with Crippen LogP contribution < -0.4 is 5.32 Å². The van der Waals surface area contributed by atoms with E-state index in [-0.39, 0.29) is 24.8 Å². The molecule has 0 bridgehead atoms. The third kappa shape index (κ3) is 4.91. The van der Waals surface area contributed by atoms with Crippen molar-refractivity contribution in [3.05, 3.63) is 47.6 Å². The Morgan fingerprint density at radius 1 is 1.37 bits per heavy atom. The Bertz CT molecular complexity index is 777. The van der Waals surface area contributed by atoms with E-state index in [1.54, 1.807) is 11.8 Å². The van der Waals surface area contributed by atoms with Crippen LogP contribution in [0.1, 0.15) is 30.6 Å². The van der Waals surface area contributed by atoms with E-state index in [0.29, 0.717) is 31.3 Å². The zero-order valence-electron chi connectivity index (χ0n) is 15.7. The molecule has 0 radical (unpaired) electrons. The number of benzene rings is 1. The SMILES string of the molecule is CCN(Cc1noc(C)n1)C(=O)CC1C(=O)NCCN1Cc1ccccc1. The van der Waals surface area contributed by atoms with E-state index in [9.17, 15) is 9.59 Å². The van der Waals surface area contributed by atoms with Crippen LogP contribution in [-0.4, -0.2) is 57.4 Å². The predicted octanol–water partition coefficient (Wildman–Crippen LogP) is 1.12. The van der Waals surface area contributed by atoms with Gasteiger partial charge in [-0.05, 0) is 12.5 Å². The third-order valence-electron chi connectivity index (χ3n) is 4.67. The number of hydrogen-bond acceptors (Lipinski definition) is 6. The van der Waals surface area contributed by atoms with Gasteiger partial charge in [-0.15, -0.1) is 0 Å². The lowest BCUT2D eigenvalue weighted by atomic mass is 10.1. The number of nitrogens with zero attached hydrogens (tertiary/aromatic N) is 4. The Hall–Kier alpha value is -2.74. The van der Waals surface area contributed by atoms with Gasteiger partial charge in [0.25, 0.3) is 0 Å². The molecule has 0 spiro atoms. The lowest BCUT2D eigenvalue weighted by molar-refractivity contribution is -0.139. The van der Waals surface area contributed by atoms with E-state index in [4.69, 9.17) is 4.52 Å². The highest BCUT2D eigenvalue weighted by molar-refractivity contribution is 5.88. The second-order valence-corrected chi connectivity index (χ2v) is 6.60. The summed E-state index contributed by atoms with van der Waals surface area (Å²) in [5.74, 6) is 0.739. The van der Waals surface area contributed by atoms with Gasteiger partial charge in [-0.25, -0.2) is 0 Å². The van der Waals surface area contributed by atoms with E-state index in [0.717, 1.165) is 12.1 Å². The quantitative estimate of drug-likeness (QED) is 0.784. The van der Waals surface area contributed by atoms with Gasteiger partial charge in [0.2, 0.25) is 17.7 Å². The number of piperazine rings is 1. The number of aryl methyl sites for hydroxylation is 1. The fourth-order valence-electron chi connectivity index (χ4n) is 3.24. The Labute approximate surface area is 158 Å². The molecule has 0 saturated carbocycles. The van der Waals surface area contributed by atoms with Crippen molar-refractivity contribution in [1.82, 2.24) is 25.3 Å². The summed E-state index contributed by atoms with van der Waals surface area (Å²) in [6, 6.07) is 9.50.